The lowest BCUT2D eigenvalue weighted by Gasteiger charge is -2.08. The highest BCUT2D eigenvalue weighted by Gasteiger charge is 2.06. The van der Waals surface area contributed by atoms with Gasteiger partial charge in [0.25, 0.3) is 5.88 Å². The maximum Gasteiger partial charge on any atom is 0.256 e. The number of nitrogens with zero attached hydrogens (tertiary/aromatic N) is 1. The lowest BCUT2D eigenvalue weighted by atomic mass is 10.4. The molecule has 1 amide bonds. The zero-order valence-corrected chi connectivity index (χ0v) is 8.33. The van der Waals surface area contributed by atoms with Crippen molar-refractivity contribution < 1.29 is 14.3 Å². The summed E-state index contributed by atoms with van der Waals surface area (Å²) in [6.45, 7) is 1.43. The third-order valence-electron chi connectivity index (χ3n) is 1.55. The van der Waals surface area contributed by atoms with Gasteiger partial charge in [-0.3, -0.25) is 4.79 Å². The second-order valence-electron chi connectivity index (χ2n) is 2.62. The molecule has 0 bridgehead atoms. The Labute approximate surface area is 82.0 Å². The van der Waals surface area contributed by atoms with Crippen LogP contribution in [0.25, 0.3) is 0 Å². The van der Waals surface area contributed by atoms with Crippen molar-refractivity contribution in [1.29, 1.82) is 0 Å². The third-order valence-corrected chi connectivity index (χ3v) is 1.55. The summed E-state index contributed by atoms with van der Waals surface area (Å²) in [7, 11) is 3.01. The van der Waals surface area contributed by atoms with E-state index in [2.05, 4.69) is 10.3 Å². The molecule has 14 heavy (non-hydrogen) atoms. The van der Waals surface area contributed by atoms with Crippen LogP contribution in [-0.2, 0) is 4.79 Å². The fourth-order valence-electron chi connectivity index (χ4n) is 1.00. The Balaban J connectivity index is 2.95. The Bertz CT molecular complexity index is 339. The topological polar surface area (TPSA) is 60.5 Å². The van der Waals surface area contributed by atoms with E-state index in [-0.39, 0.29) is 5.91 Å². The van der Waals surface area contributed by atoms with E-state index in [0.29, 0.717) is 17.3 Å². The van der Waals surface area contributed by atoms with Crippen LogP contribution < -0.4 is 14.8 Å². The molecular formula is C9H12N2O3. The van der Waals surface area contributed by atoms with E-state index < -0.39 is 0 Å². The van der Waals surface area contributed by atoms with Crippen molar-refractivity contribution in [1.82, 2.24) is 4.98 Å². The number of carbonyl (C=O) groups excluding carboxylic acids is 1. The minimum Gasteiger partial charge on any atom is -0.491 e. The molecule has 1 heterocycles. The molecule has 0 aliphatic rings. The van der Waals surface area contributed by atoms with Crippen LogP contribution in [0, 0.1) is 0 Å². The first-order valence-corrected chi connectivity index (χ1v) is 4.03. The molecule has 1 N–H and O–H groups in total. The molecule has 0 spiro atoms. The fraction of sp³-hybridized carbons (Fsp3) is 0.333. The fourth-order valence-corrected chi connectivity index (χ4v) is 1.00. The normalized spacial score (nSPS) is 9.36. The van der Waals surface area contributed by atoms with E-state index in [9.17, 15) is 4.79 Å². The predicted octanol–water partition coefficient (Wildman–Crippen LogP) is 1.06. The smallest absolute Gasteiger partial charge is 0.256 e. The number of methoxy groups -OCH3 is 2. The van der Waals surface area contributed by atoms with E-state index >= 15 is 0 Å². The second-order valence-corrected chi connectivity index (χ2v) is 2.62. The largest absolute Gasteiger partial charge is 0.491 e. The van der Waals surface area contributed by atoms with Crippen molar-refractivity contribution in [3.05, 3.63) is 12.3 Å². The number of hydrogen-bond donors (Lipinski definition) is 1. The van der Waals surface area contributed by atoms with E-state index in [0.717, 1.165) is 0 Å². The molecule has 0 fully saturated rings. The van der Waals surface area contributed by atoms with Gasteiger partial charge in [-0.2, -0.15) is 0 Å². The van der Waals surface area contributed by atoms with Crippen LogP contribution in [0.4, 0.5) is 5.69 Å². The van der Waals surface area contributed by atoms with E-state index in [4.69, 9.17) is 9.47 Å². The minimum atomic E-state index is -0.154. The summed E-state index contributed by atoms with van der Waals surface area (Å²) in [6.07, 6.45) is 1.50. The molecule has 0 aliphatic heterocycles. The molecule has 1 aromatic heterocycles. The van der Waals surface area contributed by atoms with E-state index in [1.54, 1.807) is 6.07 Å². The molecule has 5 heteroatoms. The van der Waals surface area contributed by atoms with Gasteiger partial charge in [-0.15, -0.1) is 0 Å². The van der Waals surface area contributed by atoms with E-state index in [1.165, 1.54) is 27.3 Å². The molecule has 0 unspecified atom stereocenters. The molecule has 1 rings (SSSR count). The summed E-state index contributed by atoms with van der Waals surface area (Å²) >= 11 is 0. The quantitative estimate of drug-likeness (QED) is 0.785. The van der Waals surface area contributed by atoms with Crippen LogP contribution in [0.5, 0.6) is 11.6 Å². The SMILES string of the molecule is COc1cc(NC(C)=O)cnc1OC. The third kappa shape index (κ3) is 2.35. The van der Waals surface area contributed by atoms with Gasteiger partial charge in [-0.05, 0) is 0 Å². The molecule has 1 aromatic rings. The van der Waals surface area contributed by atoms with Crippen LogP contribution in [0.3, 0.4) is 0 Å². The minimum absolute atomic E-state index is 0.154. The number of pyridine rings is 1. The summed E-state index contributed by atoms with van der Waals surface area (Å²) < 4.78 is 9.97. The van der Waals surface area contributed by atoms with Gasteiger partial charge in [0.2, 0.25) is 5.91 Å². The predicted molar refractivity (Wildman–Crippen MR) is 51.6 cm³/mol. The highest BCUT2D eigenvalue weighted by molar-refractivity contribution is 5.88. The number of anilines is 1. The van der Waals surface area contributed by atoms with Crippen LogP contribution in [0.15, 0.2) is 12.3 Å². The average Bonchev–Trinajstić information content (AvgIpc) is 2.16. The van der Waals surface area contributed by atoms with Gasteiger partial charge < -0.3 is 14.8 Å². The van der Waals surface area contributed by atoms with Crippen LogP contribution in [-0.4, -0.2) is 25.1 Å². The highest BCUT2D eigenvalue weighted by Crippen LogP contribution is 2.26. The number of nitrogens with one attached hydrogen (secondary N) is 1. The maximum atomic E-state index is 10.8. The first kappa shape index (κ1) is 10.3. The van der Waals surface area contributed by atoms with Crippen LogP contribution >= 0.6 is 0 Å². The zero-order valence-electron chi connectivity index (χ0n) is 8.33. The van der Waals surface area contributed by atoms with Crippen molar-refractivity contribution >= 4 is 11.6 Å². The van der Waals surface area contributed by atoms with Crippen LogP contribution in [0.1, 0.15) is 6.92 Å². The van der Waals surface area contributed by atoms with Crippen molar-refractivity contribution in [3.63, 3.8) is 0 Å². The summed E-state index contributed by atoms with van der Waals surface area (Å²) in [5.74, 6) is 0.722. The Kier molecular flexibility index (Phi) is 3.28. The zero-order chi connectivity index (χ0) is 10.6. The van der Waals surface area contributed by atoms with Crippen molar-refractivity contribution in [3.8, 4) is 11.6 Å². The van der Waals surface area contributed by atoms with Crippen molar-refractivity contribution in [2.24, 2.45) is 0 Å². The summed E-state index contributed by atoms with van der Waals surface area (Å²) in [5.41, 5.74) is 0.579. The van der Waals surface area contributed by atoms with Gasteiger partial charge in [0, 0.05) is 13.0 Å². The molecular weight excluding hydrogens is 184 g/mol. The molecule has 76 valence electrons. The standard InChI is InChI=1S/C9H12N2O3/c1-6(12)11-7-4-8(13-2)9(14-3)10-5-7/h4-5H,1-3H3,(H,11,12). The Morgan fingerprint density at radius 1 is 1.43 bits per heavy atom. The molecule has 5 nitrogen and oxygen atoms in total. The summed E-state index contributed by atoms with van der Waals surface area (Å²) in [5, 5.41) is 2.59. The molecule has 0 saturated carbocycles. The molecule has 0 aliphatic carbocycles. The molecule has 0 radical (unpaired) electrons. The van der Waals surface area contributed by atoms with Gasteiger partial charge >= 0.3 is 0 Å². The van der Waals surface area contributed by atoms with Crippen molar-refractivity contribution in [2.75, 3.05) is 19.5 Å². The van der Waals surface area contributed by atoms with Crippen LogP contribution in [0.2, 0.25) is 0 Å². The van der Waals surface area contributed by atoms with Gasteiger partial charge in [0.1, 0.15) is 0 Å². The number of hydrogen-bond acceptors (Lipinski definition) is 4. The van der Waals surface area contributed by atoms with Crippen molar-refractivity contribution in [2.45, 2.75) is 6.92 Å². The lowest BCUT2D eigenvalue weighted by molar-refractivity contribution is -0.114. The van der Waals surface area contributed by atoms with Gasteiger partial charge in [-0.25, -0.2) is 4.98 Å². The maximum absolute atomic E-state index is 10.8. The average molecular weight is 196 g/mol. The summed E-state index contributed by atoms with van der Waals surface area (Å²) in [6, 6.07) is 1.65. The molecule has 0 atom stereocenters. The monoisotopic (exact) mass is 196 g/mol. The van der Waals surface area contributed by atoms with E-state index in [1.807, 2.05) is 0 Å². The first-order valence-electron chi connectivity index (χ1n) is 4.03. The number of ether oxygens (including phenoxy) is 2. The summed E-state index contributed by atoms with van der Waals surface area (Å²) in [4.78, 5) is 14.7. The first-order chi connectivity index (χ1) is 6.67. The molecule has 0 aromatic carbocycles. The Morgan fingerprint density at radius 2 is 2.14 bits per heavy atom. The van der Waals surface area contributed by atoms with Gasteiger partial charge in [0.05, 0.1) is 26.1 Å². The van der Waals surface area contributed by atoms with Gasteiger partial charge in [-0.1, -0.05) is 0 Å². The number of amides is 1. The Morgan fingerprint density at radius 3 is 2.64 bits per heavy atom. The number of carbonyl (C=O) groups is 1. The number of rotatable bonds is 3. The van der Waals surface area contributed by atoms with Gasteiger partial charge in [0.15, 0.2) is 5.75 Å². The highest BCUT2D eigenvalue weighted by atomic mass is 16.5. The Hall–Kier alpha value is -1.78. The molecule has 0 saturated heterocycles. The lowest BCUT2D eigenvalue weighted by Crippen LogP contribution is -2.06. The second kappa shape index (κ2) is 4.45. The number of aromatic nitrogens is 1.